The molecular weight excluding hydrogens is 288 g/mol. The Balaban J connectivity index is 0. The van der Waals surface area contributed by atoms with Crippen molar-refractivity contribution in [2.45, 2.75) is 80.2 Å². The molecule has 4 nitrogen and oxygen atoms in total. The van der Waals surface area contributed by atoms with Crippen LogP contribution in [0.2, 0.25) is 0 Å². The minimum atomic E-state index is 0.0631. The Bertz CT molecular complexity index is 300. The average molecular weight is 329 g/mol. The Morgan fingerprint density at radius 3 is 1.83 bits per heavy atom. The topological polar surface area (TPSA) is 49.4 Å². The molecule has 0 aromatic carbocycles. The highest BCUT2D eigenvalue weighted by Gasteiger charge is 2.27. The molecule has 0 aromatic rings. The molecular formula is C19H40N2O2. The molecule has 23 heavy (non-hydrogen) atoms. The van der Waals surface area contributed by atoms with E-state index in [-0.39, 0.29) is 11.8 Å². The summed E-state index contributed by atoms with van der Waals surface area (Å²) in [6.07, 6.45) is 6.41. The highest BCUT2D eigenvalue weighted by atomic mass is 16.2. The number of aldehydes is 1. The summed E-state index contributed by atoms with van der Waals surface area (Å²) < 4.78 is 0. The van der Waals surface area contributed by atoms with Gasteiger partial charge >= 0.3 is 0 Å². The normalized spacial score (nSPS) is 19.6. The van der Waals surface area contributed by atoms with Crippen LogP contribution in [0.4, 0.5) is 0 Å². The van der Waals surface area contributed by atoms with E-state index in [4.69, 9.17) is 0 Å². The van der Waals surface area contributed by atoms with Crippen LogP contribution in [-0.4, -0.2) is 43.3 Å². The summed E-state index contributed by atoms with van der Waals surface area (Å²) in [6.45, 7) is 15.5. The lowest BCUT2D eigenvalue weighted by Crippen LogP contribution is -2.49. The smallest absolute Gasteiger partial charge is 0.219 e. The van der Waals surface area contributed by atoms with Crippen LogP contribution in [0, 0.1) is 11.3 Å². The Hall–Kier alpha value is -0.900. The summed E-state index contributed by atoms with van der Waals surface area (Å²) in [4.78, 5) is 22.2. The molecule has 0 spiro atoms. The standard InChI is InChI=1S/C9H19N.C6H9NO2.2C2H6/c1-9(2)6-4-8(10-3)5-7-9;1-5(9)7-2-6(3-7)4-8;2*1-2/h8,10H,4-7H2,1-3H3;4,6H,2-3H2,1H3;2*1-2H3. The second kappa shape index (κ2) is 13.5. The molecule has 2 fully saturated rings. The summed E-state index contributed by atoms with van der Waals surface area (Å²) in [5.41, 5.74) is 0.618. The van der Waals surface area contributed by atoms with Crippen molar-refractivity contribution < 1.29 is 9.59 Å². The highest BCUT2D eigenvalue weighted by molar-refractivity contribution is 5.75. The van der Waals surface area contributed by atoms with Crippen LogP contribution in [0.15, 0.2) is 0 Å². The van der Waals surface area contributed by atoms with Gasteiger partial charge in [0.15, 0.2) is 0 Å². The number of amides is 1. The fraction of sp³-hybridized carbons (Fsp3) is 0.895. The molecule has 0 aromatic heterocycles. The monoisotopic (exact) mass is 328 g/mol. The molecule has 0 radical (unpaired) electrons. The van der Waals surface area contributed by atoms with Crippen molar-refractivity contribution in [1.29, 1.82) is 0 Å². The van der Waals surface area contributed by atoms with Crippen molar-refractivity contribution in [3.63, 3.8) is 0 Å². The quantitative estimate of drug-likeness (QED) is 0.782. The predicted octanol–water partition coefficient (Wildman–Crippen LogP) is 3.89. The molecule has 1 heterocycles. The summed E-state index contributed by atoms with van der Waals surface area (Å²) in [5, 5.41) is 3.34. The van der Waals surface area contributed by atoms with Crippen LogP contribution >= 0.6 is 0 Å². The highest BCUT2D eigenvalue weighted by Crippen LogP contribution is 2.34. The third-order valence-corrected chi connectivity index (χ3v) is 4.29. The first-order valence-electron chi connectivity index (χ1n) is 9.26. The maximum Gasteiger partial charge on any atom is 0.219 e. The molecule has 0 unspecified atom stereocenters. The minimum Gasteiger partial charge on any atom is -0.341 e. The zero-order valence-corrected chi connectivity index (χ0v) is 16.7. The van der Waals surface area contributed by atoms with Gasteiger partial charge in [0.2, 0.25) is 5.91 Å². The number of hydrogen-bond donors (Lipinski definition) is 1. The van der Waals surface area contributed by atoms with Crippen LogP contribution in [0.5, 0.6) is 0 Å². The fourth-order valence-corrected chi connectivity index (χ4v) is 2.54. The maximum absolute atomic E-state index is 10.5. The van der Waals surface area contributed by atoms with Crippen molar-refractivity contribution in [2.75, 3.05) is 20.1 Å². The molecule has 0 bridgehead atoms. The second-order valence-electron chi connectivity index (χ2n) is 6.55. The molecule has 1 aliphatic heterocycles. The molecule has 2 aliphatic rings. The van der Waals surface area contributed by atoms with Crippen LogP contribution in [0.3, 0.4) is 0 Å². The van der Waals surface area contributed by atoms with Crippen molar-refractivity contribution in [3.05, 3.63) is 0 Å². The van der Waals surface area contributed by atoms with Crippen molar-refractivity contribution in [1.82, 2.24) is 10.2 Å². The lowest BCUT2D eigenvalue weighted by atomic mass is 9.76. The number of rotatable bonds is 2. The number of hydrogen-bond acceptors (Lipinski definition) is 3. The zero-order valence-electron chi connectivity index (χ0n) is 16.7. The lowest BCUT2D eigenvalue weighted by molar-refractivity contribution is -0.136. The van der Waals surface area contributed by atoms with E-state index in [1.54, 1.807) is 4.90 Å². The van der Waals surface area contributed by atoms with E-state index in [2.05, 4.69) is 26.2 Å². The van der Waals surface area contributed by atoms with Gasteiger partial charge in [-0.1, -0.05) is 41.5 Å². The van der Waals surface area contributed by atoms with Gasteiger partial charge in [0.05, 0.1) is 0 Å². The maximum atomic E-state index is 10.5. The summed E-state index contributed by atoms with van der Waals surface area (Å²) in [5.74, 6) is 0.169. The van der Waals surface area contributed by atoms with E-state index in [1.165, 1.54) is 32.6 Å². The van der Waals surface area contributed by atoms with E-state index >= 15 is 0 Å². The molecule has 0 atom stereocenters. The summed E-state index contributed by atoms with van der Waals surface area (Å²) >= 11 is 0. The van der Waals surface area contributed by atoms with Crippen LogP contribution in [-0.2, 0) is 9.59 Å². The molecule has 138 valence electrons. The molecule has 2 rings (SSSR count). The van der Waals surface area contributed by atoms with E-state index < -0.39 is 0 Å². The van der Waals surface area contributed by atoms with Gasteiger partial charge in [-0.25, -0.2) is 0 Å². The lowest BCUT2D eigenvalue weighted by Gasteiger charge is -2.35. The second-order valence-corrected chi connectivity index (χ2v) is 6.55. The first kappa shape index (κ1) is 24.4. The number of nitrogens with one attached hydrogen (secondary N) is 1. The van der Waals surface area contributed by atoms with Crippen molar-refractivity contribution >= 4 is 12.2 Å². The minimum absolute atomic E-state index is 0.0631. The molecule has 1 saturated heterocycles. The molecule has 1 N–H and O–H groups in total. The van der Waals surface area contributed by atoms with E-state index in [0.29, 0.717) is 18.5 Å². The van der Waals surface area contributed by atoms with E-state index in [0.717, 1.165) is 12.3 Å². The van der Waals surface area contributed by atoms with Gasteiger partial charge in [0, 0.05) is 32.0 Å². The van der Waals surface area contributed by atoms with Crippen molar-refractivity contribution in [2.24, 2.45) is 11.3 Å². The molecule has 1 aliphatic carbocycles. The van der Waals surface area contributed by atoms with Crippen LogP contribution < -0.4 is 5.32 Å². The van der Waals surface area contributed by atoms with Gasteiger partial charge in [-0.3, -0.25) is 4.79 Å². The number of carbonyl (C=O) groups excluding carboxylic acids is 2. The van der Waals surface area contributed by atoms with Gasteiger partial charge in [-0.2, -0.15) is 0 Å². The Morgan fingerprint density at radius 1 is 1.09 bits per heavy atom. The van der Waals surface area contributed by atoms with Gasteiger partial charge in [0.25, 0.3) is 0 Å². The summed E-state index contributed by atoms with van der Waals surface area (Å²) in [6, 6.07) is 0.799. The van der Waals surface area contributed by atoms with E-state index in [1.807, 2.05) is 27.7 Å². The number of carbonyl (C=O) groups is 2. The van der Waals surface area contributed by atoms with Gasteiger partial charge in [-0.15, -0.1) is 0 Å². The first-order valence-corrected chi connectivity index (χ1v) is 9.26. The molecule has 1 amide bonds. The van der Waals surface area contributed by atoms with Gasteiger partial charge in [0.1, 0.15) is 6.29 Å². The Labute approximate surface area is 144 Å². The third-order valence-electron chi connectivity index (χ3n) is 4.29. The summed E-state index contributed by atoms with van der Waals surface area (Å²) in [7, 11) is 2.07. The average Bonchev–Trinajstić information content (AvgIpc) is 2.51. The SMILES string of the molecule is CC.CC.CC(=O)N1CC(C=O)C1.CNC1CCC(C)(C)CC1. The van der Waals surface area contributed by atoms with Gasteiger partial charge in [-0.05, 0) is 38.1 Å². The van der Waals surface area contributed by atoms with Gasteiger partial charge < -0.3 is 15.0 Å². The van der Waals surface area contributed by atoms with Crippen molar-refractivity contribution in [3.8, 4) is 0 Å². The predicted molar refractivity (Wildman–Crippen MR) is 99.6 cm³/mol. The largest absolute Gasteiger partial charge is 0.341 e. The first-order chi connectivity index (χ1) is 10.9. The molecule has 4 heteroatoms. The van der Waals surface area contributed by atoms with Crippen LogP contribution in [0.25, 0.3) is 0 Å². The number of likely N-dealkylation sites (tertiary alicyclic amines) is 1. The zero-order chi connectivity index (χ0) is 18.5. The Kier molecular flexibility index (Phi) is 14.3. The van der Waals surface area contributed by atoms with E-state index in [9.17, 15) is 9.59 Å². The van der Waals surface area contributed by atoms with Crippen LogP contribution in [0.1, 0.15) is 74.1 Å². The molecule has 1 saturated carbocycles. The fourth-order valence-electron chi connectivity index (χ4n) is 2.54. The number of nitrogens with zero attached hydrogens (tertiary/aromatic N) is 1. The Morgan fingerprint density at radius 2 is 1.52 bits per heavy atom. The third kappa shape index (κ3) is 10.5.